The lowest BCUT2D eigenvalue weighted by Crippen LogP contribution is -2.16. The summed E-state index contributed by atoms with van der Waals surface area (Å²) < 4.78 is 0. The third-order valence-electron chi connectivity index (χ3n) is 2.93. The summed E-state index contributed by atoms with van der Waals surface area (Å²) in [5.74, 6) is 0.608. The van der Waals surface area contributed by atoms with Crippen LogP contribution in [0.15, 0.2) is 18.2 Å². The largest absolute Gasteiger partial charge is 0.377 e. The van der Waals surface area contributed by atoms with E-state index in [2.05, 4.69) is 19.2 Å². The molecular formula is C14H20N2O3. The maximum atomic E-state index is 11.0. The Hall–Kier alpha value is -1.91. The van der Waals surface area contributed by atoms with Gasteiger partial charge in [-0.1, -0.05) is 13.8 Å². The molecule has 1 unspecified atom stereocenters. The maximum Gasteiger partial charge on any atom is 0.293 e. The van der Waals surface area contributed by atoms with Gasteiger partial charge in [0.15, 0.2) is 0 Å². The predicted octanol–water partition coefficient (Wildman–Crippen LogP) is 3.64. The van der Waals surface area contributed by atoms with Gasteiger partial charge < -0.3 is 5.32 Å². The lowest BCUT2D eigenvalue weighted by Gasteiger charge is -2.16. The van der Waals surface area contributed by atoms with Crippen LogP contribution in [0.1, 0.15) is 44.0 Å². The smallest absolute Gasteiger partial charge is 0.293 e. The van der Waals surface area contributed by atoms with Gasteiger partial charge >= 0.3 is 0 Å². The molecule has 1 rings (SSSR count). The molecule has 0 aliphatic carbocycles. The third-order valence-corrected chi connectivity index (χ3v) is 2.93. The maximum absolute atomic E-state index is 11.0. The number of benzene rings is 1. The van der Waals surface area contributed by atoms with Gasteiger partial charge in [0, 0.05) is 17.7 Å². The molecule has 0 saturated carbocycles. The highest BCUT2D eigenvalue weighted by Gasteiger charge is 2.16. The Kier molecular flexibility index (Phi) is 5.48. The zero-order valence-corrected chi connectivity index (χ0v) is 11.6. The number of carbonyl (C=O) groups excluding carboxylic acids is 1. The molecule has 1 N–H and O–H groups in total. The molecule has 0 spiro atoms. The van der Waals surface area contributed by atoms with E-state index in [0.29, 0.717) is 23.5 Å². The number of nitro benzene ring substituents is 1. The van der Waals surface area contributed by atoms with Gasteiger partial charge in [-0.05, 0) is 37.8 Å². The van der Waals surface area contributed by atoms with Crippen LogP contribution in [0, 0.1) is 16.0 Å². The van der Waals surface area contributed by atoms with Gasteiger partial charge in [0.1, 0.15) is 12.0 Å². The first kappa shape index (κ1) is 15.1. The van der Waals surface area contributed by atoms with E-state index in [-0.39, 0.29) is 11.7 Å². The Morgan fingerprint density at radius 2 is 2.00 bits per heavy atom. The number of nitrogens with one attached hydrogen (secondary N) is 1. The standard InChI is InChI=1S/C14H20N2O3/c1-10(2)4-5-11(3)15-13-7-6-12(9-17)8-14(13)16(18)19/h6-11,15H,4-5H2,1-3H3. The minimum absolute atomic E-state index is 0.0546. The summed E-state index contributed by atoms with van der Waals surface area (Å²) in [7, 11) is 0. The molecule has 19 heavy (non-hydrogen) atoms. The molecule has 0 aromatic heterocycles. The molecule has 0 radical (unpaired) electrons. The number of rotatable bonds is 7. The Bertz CT molecular complexity index is 458. The second-order valence-electron chi connectivity index (χ2n) is 5.17. The molecule has 104 valence electrons. The van der Waals surface area contributed by atoms with E-state index in [1.165, 1.54) is 6.07 Å². The molecule has 0 saturated heterocycles. The molecule has 0 amide bonds. The van der Waals surface area contributed by atoms with Crippen molar-refractivity contribution in [2.24, 2.45) is 5.92 Å². The number of hydrogen-bond acceptors (Lipinski definition) is 4. The van der Waals surface area contributed by atoms with Gasteiger partial charge in [-0.15, -0.1) is 0 Å². The Balaban J connectivity index is 2.82. The summed E-state index contributed by atoms with van der Waals surface area (Å²) in [6.45, 7) is 6.29. The topological polar surface area (TPSA) is 72.2 Å². The van der Waals surface area contributed by atoms with Crippen LogP contribution in [-0.4, -0.2) is 17.3 Å². The highest BCUT2D eigenvalue weighted by atomic mass is 16.6. The zero-order valence-electron chi connectivity index (χ0n) is 11.6. The molecule has 1 atom stereocenters. The van der Waals surface area contributed by atoms with Gasteiger partial charge in [0.05, 0.1) is 4.92 Å². The summed E-state index contributed by atoms with van der Waals surface area (Å²) in [4.78, 5) is 21.2. The van der Waals surface area contributed by atoms with Crippen molar-refractivity contribution in [3.05, 3.63) is 33.9 Å². The van der Waals surface area contributed by atoms with Crippen molar-refractivity contribution in [1.29, 1.82) is 0 Å². The summed E-state index contributed by atoms with van der Waals surface area (Å²) in [5.41, 5.74) is 0.722. The van der Waals surface area contributed by atoms with Crippen LogP contribution in [0.4, 0.5) is 11.4 Å². The van der Waals surface area contributed by atoms with Crippen molar-refractivity contribution < 1.29 is 9.72 Å². The fourth-order valence-corrected chi connectivity index (χ4v) is 1.82. The van der Waals surface area contributed by atoms with E-state index >= 15 is 0 Å². The molecule has 0 bridgehead atoms. The summed E-state index contributed by atoms with van der Waals surface area (Å²) >= 11 is 0. The summed E-state index contributed by atoms with van der Waals surface area (Å²) in [5, 5.41) is 14.1. The Labute approximate surface area is 113 Å². The van der Waals surface area contributed by atoms with Gasteiger partial charge in [-0.25, -0.2) is 0 Å². The Morgan fingerprint density at radius 3 is 2.53 bits per heavy atom. The molecule has 1 aromatic carbocycles. The predicted molar refractivity (Wildman–Crippen MR) is 75.6 cm³/mol. The lowest BCUT2D eigenvalue weighted by atomic mass is 10.0. The highest BCUT2D eigenvalue weighted by molar-refractivity contribution is 5.79. The monoisotopic (exact) mass is 264 g/mol. The van der Waals surface area contributed by atoms with Crippen molar-refractivity contribution in [3.8, 4) is 0 Å². The van der Waals surface area contributed by atoms with E-state index in [9.17, 15) is 14.9 Å². The van der Waals surface area contributed by atoms with Gasteiger partial charge in [0.2, 0.25) is 0 Å². The first-order valence-corrected chi connectivity index (χ1v) is 6.44. The highest BCUT2D eigenvalue weighted by Crippen LogP contribution is 2.26. The van der Waals surface area contributed by atoms with Crippen LogP contribution in [-0.2, 0) is 0 Å². The number of nitro groups is 1. The minimum Gasteiger partial charge on any atom is -0.377 e. The van der Waals surface area contributed by atoms with Crippen molar-refractivity contribution in [1.82, 2.24) is 0 Å². The van der Waals surface area contributed by atoms with Crippen molar-refractivity contribution in [3.63, 3.8) is 0 Å². The lowest BCUT2D eigenvalue weighted by molar-refractivity contribution is -0.384. The second kappa shape index (κ2) is 6.87. The number of carbonyl (C=O) groups is 1. The molecule has 0 aliphatic rings. The molecule has 0 heterocycles. The van der Waals surface area contributed by atoms with Gasteiger partial charge in [0.25, 0.3) is 5.69 Å². The summed E-state index contributed by atoms with van der Waals surface area (Å²) in [6.07, 6.45) is 2.62. The zero-order chi connectivity index (χ0) is 14.4. The normalized spacial score (nSPS) is 12.2. The van der Waals surface area contributed by atoms with Crippen molar-refractivity contribution in [2.45, 2.75) is 39.7 Å². The van der Waals surface area contributed by atoms with Gasteiger partial charge in [-0.3, -0.25) is 14.9 Å². The fraction of sp³-hybridized carbons (Fsp3) is 0.500. The molecule has 5 heteroatoms. The van der Waals surface area contributed by atoms with E-state index in [1.807, 2.05) is 6.92 Å². The Morgan fingerprint density at radius 1 is 1.32 bits per heavy atom. The fourth-order valence-electron chi connectivity index (χ4n) is 1.82. The van der Waals surface area contributed by atoms with Crippen molar-refractivity contribution >= 4 is 17.7 Å². The molecule has 0 fully saturated rings. The first-order chi connectivity index (χ1) is 8.93. The van der Waals surface area contributed by atoms with E-state index in [0.717, 1.165) is 12.8 Å². The average molecular weight is 264 g/mol. The quantitative estimate of drug-likeness (QED) is 0.463. The number of aldehydes is 1. The van der Waals surface area contributed by atoms with Crippen LogP contribution in [0.3, 0.4) is 0 Å². The second-order valence-corrected chi connectivity index (χ2v) is 5.17. The minimum atomic E-state index is -0.468. The average Bonchev–Trinajstić information content (AvgIpc) is 2.36. The van der Waals surface area contributed by atoms with Gasteiger partial charge in [-0.2, -0.15) is 0 Å². The molecular weight excluding hydrogens is 244 g/mol. The molecule has 0 aliphatic heterocycles. The number of anilines is 1. The van der Waals surface area contributed by atoms with Crippen molar-refractivity contribution in [2.75, 3.05) is 5.32 Å². The first-order valence-electron chi connectivity index (χ1n) is 6.44. The SMILES string of the molecule is CC(C)CCC(C)Nc1ccc(C=O)cc1[N+](=O)[O-]. The third kappa shape index (κ3) is 4.69. The van der Waals surface area contributed by atoms with Crippen LogP contribution < -0.4 is 5.32 Å². The van der Waals surface area contributed by atoms with Crippen LogP contribution in [0.25, 0.3) is 0 Å². The van der Waals surface area contributed by atoms with E-state index in [1.54, 1.807) is 12.1 Å². The molecule has 5 nitrogen and oxygen atoms in total. The van der Waals surface area contributed by atoms with E-state index < -0.39 is 4.92 Å². The van der Waals surface area contributed by atoms with Crippen LogP contribution >= 0.6 is 0 Å². The van der Waals surface area contributed by atoms with Crippen LogP contribution in [0.2, 0.25) is 0 Å². The van der Waals surface area contributed by atoms with E-state index in [4.69, 9.17) is 0 Å². The number of nitrogens with zero attached hydrogens (tertiary/aromatic N) is 1. The van der Waals surface area contributed by atoms with Crippen LogP contribution in [0.5, 0.6) is 0 Å². The molecule has 1 aromatic rings. The summed E-state index contributed by atoms with van der Waals surface area (Å²) in [6, 6.07) is 4.62. The number of hydrogen-bond donors (Lipinski definition) is 1.